The van der Waals surface area contributed by atoms with Crippen molar-refractivity contribution in [2.24, 2.45) is 5.92 Å². The van der Waals surface area contributed by atoms with Crippen LogP contribution < -0.4 is 0 Å². The molecule has 0 radical (unpaired) electrons. The van der Waals surface area contributed by atoms with Gasteiger partial charge in [-0.3, -0.25) is 0 Å². The van der Waals surface area contributed by atoms with Gasteiger partial charge in [-0.15, -0.1) is 0 Å². The zero-order valence-corrected chi connectivity index (χ0v) is 10.4. The fourth-order valence-electron chi connectivity index (χ4n) is 4.47. The van der Waals surface area contributed by atoms with Gasteiger partial charge in [-0.05, 0) is 49.0 Å². The standard InChI is InChI=1S/C15H18S/c1-2-4-12(5-3-1)15-8-11-6-13(9-15)16-14(7-11)10-15/h1-5,11,13-14H,6-10H2/t11?,13-,14+,15?. The van der Waals surface area contributed by atoms with Gasteiger partial charge >= 0.3 is 0 Å². The largest absolute Gasteiger partial charge is 0.155 e. The summed E-state index contributed by atoms with van der Waals surface area (Å²) in [6.07, 6.45) is 7.40. The molecule has 16 heavy (non-hydrogen) atoms. The molecule has 0 spiro atoms. The van der Waals surface area contributed by atoms with E-state index in [1.807, 2.05) is 0 Å². The van der Waals surface area contributed by atoms with Crippen molar-refractivity contribution in [2.75, 3.05) is 0 Å². The molecule has 1 aromatic carbocycles. The normalized spacial score (nSPS) is 44.9. The molecule has 0 aromatic heterocycles. The maximum atomic E-state index is 2.37. The van der Waals surface area contributed by atoms with Gasteiger partial charge in [0.05, 0.1) is 0 Å². The van der Waals surface area contributed by atoms with Crippen molar-refractivity contribution in [3.05, 3.63) is 35.9 Å². The summed E-state index contributed by atoms with van der Waals surface area (Å²) in [7, 11) is 0. The summed E-state index contributed by atoms with van der Waals surface area (Å²) in [6.45, 7) is 0. The van der Waals surface area contributed by atoms with Crippen molar-refractivity contribution in [3.63, 3.8) is 0 Å². The van der Waals surface area contributed by atoms with E-state index in [9.17, 15) is 0 Å². The molecule has 2 aliphatic heterocycles. The average molecular weight is 230 g/mol. The van der Waals surface area contributed by atoms with Gasteiger partial charge in [0.1, 0.15) is 0 Å². The number of hydrogen-bond acceptors (Lipinski definition) is 1. The lowest BCUT2D eigenvalue weighted by atomic mass is 9.58. The quantitative estimate of drug-likeness (QED) is 0.702. The van der Waals surface area contributed by atoms with Gasteiger partial charge in [0.2, 0.25) is 0 Å². The van der Waals surface area contributed by atoms with Crippen LogP contribution in [0.4, 0.5) is 0 Å². The smallest absolute Gasteiger partial charge is 0.00609 e. The Morgan fingerprint density at radius 3 is 2.25 bits per heavy atom. The molecule has 4 aliphatic rings. The Hall–Kier alpha value is -0.430. The molecule has 0 nitrogen and oxygen atoms in total. The monoisotopic (exact) mass is 230 g/mol. The van der Waals surface area contributed by atoms with Crippen LogP contribution in [0.15, 0.2) is 30.3 Å². The first-order valence-electron chi connectivity index (χ1n) is 6.55. The maximum absolute atomic E-state index is 2.37. The molecule has 0 amide bonds. The van der Waals surface area contributed by atoms with Gasteiger partial charge in [0.25, 0.3) is 0 Å². The second-order valence-electron chi connectivity index (χ2n) is 5.98. The van der Waals surface area contributed by atoms with E-state index in [1.165, 1.54) is 32.1 Å². The predicted molar refractivity (Wildman–Crippen MR) is 69.9 cm³/mol. The van der Waals surface area contributed by atoms with Gasteiger partial charge in [-0.2, -0.15) is 11.8 Å². The molecule has 2 heterocycles. The van der Waals surface area contributed by atoms with E-state index in [4.69, 9.17) is 0 Å². The third kappa shape index (κ3) is 1.30. The molecule has 84 valence electrons. The van der Waals surface area contributed by atoms with Crippen molar-refractivity contribution < 1.29 is 0 Å². The molecular formula is C15H18S. The molecule has 4 fully saturated rings. The van der Waals surface area contributed by atoms with Crippen LogP contribution in [-0.4, -0.2) is 10.5 Å². The molecule has 4 atom stereocenters. The van der Waals surface area contributed by atoms with Gasteiger partial charge in [-0.25, -0.2) is 0 Å². The Balaban J connectivity index is 1.77. The molecular weight excluding hydrogens is 212 g/mol. The highest BCUT2D eigenvalue weighted by atomic mass is 32.2. The lowest BCUT2D eigenvalue weighted by Crippen LogP contribution is -2.50. The van der Waals surface area contributed by atoms with E-state index in [0.29, 0.717) is 5.41 Å². The Morgan fingerprint density at radius 1 is 0.938 bits per heavy atom. The Morgan fingerprint density at radius 2 is 1.62 bits per heavy atom. The topological polar surface area (TPSA) is 0 Å². The van der Waals surface area contributed by atoms with E-state index in [1.54, 1.807) is 5.56 Å². The van der Waals surface area contributed by atoms with E-state index in [-0.39, 0.29) is 0 Å². The number of thioether (sulfide) groups is 1. The number of benzene rings is 1. The van der Waals surface area contributed by atoms with Crippen LogP contribution in [0.2, 0.25) is 0 Å². The predicted octanol–water partition coefficient (Wildman–Crippen LogP) is 4.00. The van der Waals surface area contributed by atoms with Gasteiger partial charge in [-0.1, -0.05) is 30.3 Å². The van der Waals surface area contributed by atoms with E-state index >= 15 is 0 Å². The van der Waals surface area contributed by atoms with E-state index < -0.39 is 0 Å². The summed E-state index contributed by atoms with van der Waals surface area (Å²) >= 11 is 2.30. The maximum Gasteiger partial charge on any atom is 0.00609 e. The zero-order valence-electron chi connectivity index (χ0n) is 9.56. The highest BCUT2D eigenvalue weighted by Gasteiger charge is 2.51. The molecule has 5 rings (SSSR count). The summed E-state index contributed by atoms with van der Waals surface area (Å²) in [5, 5.41) is 1.96. The van der Waals surface area contributed by atoms with E-state index in [0.717, 1.165) is 16.4 Å². The fraction of sp³-hybridized carbons (Fsp3) is 0.600. The van der Waals surface area contributed by atoms with Crippen molar-refractivity contribution >= 4 is 11.8 Å². The van der Waals surface area contributed by atoms with Crippen LogP contribution in [0.25, 0.3) is 0 Å². The third-order valence-electron chi connectivity index (χ3n) is 4.88. The lowest BCUT2D eigenvalue weighted by molar-refractivity contribution is 0.144. The minimum atomic E-state index is 0.572. The fourth-order valence-corrected chi connectivity index (χ4v) is 6.61. The molecule has 4 bridgehead atoms. The van der Waals surface area contributed by atoms with Crippen molar-refractivity contribution in [1.29, 1.82) is 0 Å². The minimum absolute atomic E-state index is 0.572. The summed E-state index contributed by atoms with van der Waals surface area (Å²) in [5.41, 5.74) is 2.21. The van der Waals surface area contributed by atoms with Gasteiger partial charge in [0.15, 0.2) is 0 Å². The highest BCUT2D eigenvalue weighted by Crippen LogP contribution is 2.60. The van der Waals surface area contributed by atoms with Crippen molar-refractivity contribution in [2.45, 2.75) is 48.0 Å². The van der Waals surface area contributed by atoms with Crippen LogP contribution in [0.5, 0.6) is 0 Å². The molecule has 2 aliphatic carbocycles. The molecule has 2 saturated carbocycles. The van der Waals surface area contributed by atoms with Gasteiger partial charge < -0.3 is 0 Å². The number of rotatable bonds is 1. The zero-order chi connectivity index (χ0) is 10.6. The van der Waals surface area contributed by atoms with Crippen LogP contribution in [0.3, 0.4) is 0 Å². The average Bonchev–Trinajstić information content (AvgIpc) is 2.28. The third-order valence-corrected chi connectivity index (χ3v) is 6.37. The van der Waals surface area contributed by atoms with E-state index in [2.05, 4.69) is 42.1 Å². The van der Waals surface area contributed by atoms with Crippen LogP contribution in [0, 0.1) is 5.92 Å². The SMILES string of the molecule is c1ccc(C23CC4C[C@H](C2)S[C@@H](C4)C3)cc1. The first-order valence-corrected chi connectivity index (χ1v) is 7.49. The molecule has 2 saturated heterocycles. The Bertz CT molecular complexity index is 360. The molecule has 1 aromatic rings. The first kappa shape index (κ1) is 9.58. The second-order valence-corrected chi connectivity index (χ2v) is 7.58. The second kappa shape index (κ2) is 3.29. The van der Waals surface area contributed by atoms with Crippen LogP contribution in [0.1, 0.15) is 37.7 Å². The Kier molecular flexibility index (Phi) is 1.97. The summed E-state index contributed by atoms with van der Waals surface area (Å²) in [4.78, 5) is 0. The lowest BCUT2D eigenvalue weighted by Gasteiger charge is -2.56. The van der Waals surface area contributed by atoms with Crippen molar-refractivity contribution in [1.82, 2.24) is 0 Å². The molecule has 0 N–H and O–H groups in total. The van der Waals surface area contributed by atoms with Crippen LogP contribution in [-0.2, 0) is 5.41 Å². The minimum Gasteiger partial charge on any atom is -0.155 e. The first-order chi connectivity index (χ1) is 7.84. The molecule has 2 unspecified atom stereocenters. The number of hydrogen-bond donors (Lipinski definition) is 0. The van der Waals surface area contributed by atoms with Crippen molar-refractivity contribution in [3.8, 4) is 0 Å². The summed E-state index contributed by atoms with van der Waals surface area (Å²) in [5.74, 6) is 1.04. The Labute approximate surface area is 102 Å². The molecule has 1 heteroatoms. The highest BCUT2D eigenvalue weighted by molar-refractivity contribution is 8.00. The summed E-state index contributed by atoms with van der Waals surface area (Å²) in [6, 6.07) is 11.3. The summed E-state index contributed by atoms with van der Waals surface area (Å²) < 4.78 is 0. The van der Waals surface area contributed by atoms with Crippen LogP contribution >= 0.6 is 11.8 Å². The van der Waals surface area contributed by atoms with Gasteiger partial charge in [0, 0.05) is 10.5 Å².